The number of halogens is 1. The molecule has 4 rings (SSSR count). The smallest absolute Gasteiger partial charge is 0.235 e. The summed E-state index contributed by atoms with van der Waals surface area (Å²) in [6.45, 7) is 5.18. The van der Waals surface area contributed by atoms with Gasteiger partial charge in [0, 0.05) is 35.4 Å². The first-order valence-electron chi connectivity index (χ1n) is 10.2. The number of anilines is 1. The molecule has 1 fully saturated rings. The van der Waals surface area contributed by atoms with Crippen LogP contribution in [0.1, 0.15) is 43.9 Å². The van der Waals surface area contributed by atoms with Crippen LogP contribution in [0.3, 0.4) is 0 Å². The Kier molecular flexibility index (Phi) is 5.93. The Morgan fingerprint density at radius 2 is 1.80 bits per heavy atom. The number of benzene rings is 2. The second-order valence-corrected chi connectivity index (χ2v) is 8.34. The fraction of sp³-hybridized carbons (Fsp3) is 0.333. The molecule has 5 nitrogen and oxygen atoms in total. The molecule has 3 aromatic rings. The molecule has 0 spiro atoms. The lowest BCUT2D eigenvalue weighted by Gasteiger charge is -2.36. The van der Waals surface area contributed by atoms with Crippen molar-refractivity contribution in [2.75, 3.05) is 18.5 Å². The lowest BCUT2D eigenvalue weighted by Crippen LogP contribution is -2.45. The normalized spacial score (nSPS) is 15.9. The Morgan fingerprint density at radius 1 is 1.10 bits per heavy atom. The fourth-order valence-corrected chi connectivity index (χ4v) is 4.14. The van der Waals surface area contributed by atoms with E-state index in [1.807, 2.05) is 48.5 Å². The molecular weight excluding hydrogens is 400 g/mol. The molecule has 1 aromatic heterocycles. The van der Waals surface area contributed by atoms with E-state index in [2.05, 4.69) is 24.1 Å². The van der Waals surface area contributed by atoms with Crippen molar-refractivity contribution in [2.24, 2.45) is 0 Å². The summed E-state index contributed by atoms with van der Waals surface area (Å²) in [5.41, 5.74) is 1.73. The van der Waals surface area contributed by atoms with E-state index in [0.717, 1.165) is 22.6 Å². The van der Waals surface area contributed by atoms with E-state index in [4.69, 9.17) is 20.8 Å². The van der Waals surface area contributed by atoms with Crippen LogP contribution in [0.5, 0.6) is 0 Å². The number of ether oxygens (including phenoxy) is 1. The summed E-state index contributed by atoms with van der Waals surface area (Å²) in [7, 11) is 0. The third-order valence-electron chi connectivity index (χ3n) is 5.65. The van der Waals surface area contributed by atoms with Crippen LogP contribution in [0.25, 0.3) is 11.5 Å². The quantitative estimate of drug-likeness (QED) is 0.561. The van der Waals surface area contributed by atoms with Crippen molar-refractivity contribution in [3.63, 3.8) is 0 Å². The molecular formula is C24H25ClN2O3. The standard InChI is InChI=1S/C24H25ClN2O3/c1-16(2)21-15-26-22(30-21)17-7-9-18(10-8-17)27-23(28)24(11-13-29-14-12-24)19-5-3-4-6-20(19)25/h3-10,15-16H,11-14H2,1-2H3,(H,27,28). The Hall–Kier alpha value is -2.63. The van der Waals surface area contributed by atoms with Gasteiger partial charge >= 0.3 is 0 Å². The van der Waals surface area contributed by atoms with Gasteiger partial charge in [0.1, 0.15) is 5.76 Å². The minimum absolute atomic E-state index is 0.0649. The van der Waals surface area contributed by atoms with E-state index in [1.165, 1.54) is 0 Å². The van der Waals surface area contributed by atoms with Gasteiger partial charge in [-0.2, -0.15) is 0 Å². The summed E-state index contributed by atoms with van der Waals surface area (Å²) in [5.74, 6) is 1.65. The van der Waals surface area contributed by atoms with Gasteiger partial charge in [0.15, 0.2) is 0 Å². The molecule has 6 heteroatoms. The largest absolute Gasteiger partial charge is 0.441 e. The number of oxazole rings is 1. The highest BCUT2D eigenvalue weighted by Crippen LogP contribution is 2.39. The maximum absolute atomic E-state index is 13.4. The van der Waals surface area contributed by atoms with E-state index < -0.39 is 5.41 Å². The summed E-state index contributed by atoms with van der Waals surface area (Å²) in [6.07, 6.45) is 2.94. The number of aromatic nitrogens is 1. The molecule has 0 saturated carbocycles. The van der Waals surface area contributed by atoms with Gasteiger partial charge in [0.05, 0.1) is 11.6 Å². The van der Waals surface area contributed by atoms with Crippen molar-refractivity contribution in [1.29, 1.82) is 0 Å². The zero-order valence-electron chi connectivity index (χ0n) is 17.2. The van der Waals surface area contributed by atoms with E-state index in [1.54, 1.807) is 6.20 Å². The van der Waals surface area contributed by atoms with Gasteiger partial charge in [-0.25, -0.2) is 4.98 Å². The zero-order valence-corrected chi connectivity index (χ0v) is 17.9. The van der Waals surface area contributed by atoms with Gasteiger partial charge in [-0.3, -0.25) is 4.79 Å². The number of amides is 1. The molecule has 1 N–H and O–H groups in total. The maximum Gasteiger partial charge on any atom is 0.235 e. The molecule has 0 bridgehead atoms. The van der Waals surface area contributed by atoms with Crippen LogP contribution >= 0.6 is 11.6 Å². The summed E-state index contributed by atoms with van der Waals surface area (Å²) in [4.78, 5) is 17.8. The lowest BCUT2D eigenvalue weighted by atomic mass is 9.73. The second kappa shape index (κ2) is 8.62. The lowest BCUT2D eigenvalue weighted by molar-refractivity contribution is -0.125. The highest BCUT2D eigenvalue weighted by Gasteiger charge is 2.43. The molecule has 1 amide bonds. The van der Waals surface area contributed by atoms with Crippen LogP contribution < -0.4 is 5.32 Å². The van der Waals surface area contributed by atoms with E-state index >= 15 is 0 Å². The Balaban J connectivity index is 1.56. The number of hydrogen-bond acceptors (Lipinski definition) is 4. The number of nitrogens with one attached hydrogen (secondary N) is 1. The van der Waals surface area contributed by atoms with Crippen LogP contribution in [0.15, 0.2) is 59.1 Å². The van der Waals surface area contributed by atoms with Crippen molar-refractivity contribution >= 4 is 23.2 Å². The molecule has 1 aliphatic heterocycles. The predicted octanol–water partition coefficient (Wildman–Crippen LogP) is 5.81. The minimum atomic E-state index is -0.704. The van der Waals surface area contributed by atoms with Gasteiger partial charge in [0.25, 0.3) is 0 Å². The van der Waals surface area contributed by atoms with Crippen molar-refractivity contribution in [2.45, 2.75) is 38.0 Å². The van der Waals surface area contributed by atoms with Crippen molar-refractivity contribution in [3.05, 3.63) is 71.1 Å². The van der Waals surface area contributed by atoms with Gasteiger partial charge in [-0.15, -0.1) is 0 Å². The first kappa shape index (κ1) is 20.6. The van der Waals surface area contributed by atoms with Crippen LogP contribution in [0, 0.1) is 0 Å². The average molecular weight is 425 g/mol. The average Bonchev–Trinajstić information content (AvgIpc) is 3.26. The van der Waals surface area contributed by atoms with Gasteiger partial charge in [-0.1, -0.05) is 43.6 Å². The summed E-state index contributed by atoms with van der Waals surface area (Å²) >= 11 is 6.47. The predicted molar refractivity (Wildman–Crippen MR) is 118 cm³/mol. The third kappa shape index (κ3) is 4.00. The second-order valence-electron chi connectivity index (χ2n) is 7.93. The Bertz CT molecular complexity index is 1020. The number of nitrogens with zero attached hydrogens (tertiary/aromatic N) is 1. The molecule has 0 radical (unpaired) electrons. The fourth-order valence-electron chi connectivity index (χ4n) is 3.82. The van der Waals surface area contributed by atoms with Crippen molar-refractivity contribution < 1.29 is 13.9 Å². The van der Waals surface area contributed by atoms with E-state index in [-0.39, 0.29) is 11.8 Å². The molecule has 2 aromatic carbocycles. The molecule has 0 aliphatic carbocycles. The molecule has 2 heterocycles. The maximum atomic E-state index is 13.4. The van der Waals surface area contributed by atoms with Crippen LogP contribution in [0.2, 0.25) is 5.02 Å². The molecule has 156 valence electrons. The molecule has 30 heavy (non-hydrogen) atoms. The number of hydrogen-bond donors (Lipinski definition) is 1. The van der Waals surface area contributed by atoms with E-state index in [0.29, 0.717) is 37.0 Å². The first-order chi connectivity index (χ1) is 14.5. The Morgan fingerprint density at radius 3 is 2.43 bits per heavy atom. The van der Waals surface area contributed by atoms with Crippen LogP contribution in [-0.4, -0.2) is 24.1 Å². The zero-order chi connectivity index (χ0) is 21.1. The van der Waals surface area contributed by atoms with E-state index in [9.17, 15) is 4.79 Å². The third-order valence-corrected chi connectivity index (χ3v) is 5.98. The van der Waals surface area contributed by atoms with Gasteiger partial charge in [-0.05, 0) is 48.7 Å². The summed E-state index contributed by atoms with van der Waals surface area (Å²) in [6, 6.07) is 15.1. The molecule has 0 unspecified atom stereocenters. The molecule has 1 aliphatic rings. The van der Waals surface area contributed by atoms with Crippen molar-refractivity contribution in [1.82, 2.24) is 4.98 Å². The van der Waals surface area contributed by atoms with Crippen LogP contribution in [-0.2, 0) is 14.9 Å². The number of rotatable bonds is 5. The minimum Gasteiger partial charge on any atom is -0.441 e. The summed E-state index contributed by atoms with van der Waals surface area (Å²) in [5, 5.41) is 3.68. The summed E-state index contributed by atoms with van der Waals surface area (Å²) < 4.78 is 11.3. The van der Waals surface area contributed by atoms with Gasteiger partial charge in [0.2, 0.25) is 11.8 Å². The first-order valence-corrected chi connectivity index (χ1v) is 10.6. The number of carbonyl (C=O) groups is 1. The molecule has 1 saturated heterocycles. The number of carbonyl (C=O) groups excluding carboxylic acids is 1. The highest BCUT2D eigenvalue weighted by atomic mass is 35.5. The van der Waals surface area contributed by atoms with Crippen molar-refractivity contribution in [3.8, 4) is 11.5 Å². The Labute approximate surface area is 181 Å². The SMILES string of the molecule is CC(C)c1cnc(-c2ccc(NC(=O)C3(c4ccccc4Cl)CCOCC3)cc2)o1. The molecule has 0 atom stereocenters. The highest BCUT2D eigenvalue weighted by molar-refractivity contribution is 6.31. The monoisotopic (exact) mass is 424 g/mol. The van der Waals surface area contributed by atoms with Crippen LogP contribution in [0.4, 0.5) is 5.69 Å². The van der Waals surface area contributed by atoms with Gasteiger partial charge < -0.3 is 14.5 Å². The topological polar surface area (TPSA) is 64.4 Å².